The number of benzene rings is 1. The molecule has 2 amide bonds. The van der Waals surface area contributed by atoms with E-state index < -0.39 is 11.6 Å². The molecule has 0 spiro atoms. The highest BCUT2D eigenvalue weighted by molar-refractivity contribution is 5.76. The van der Waals surface area contributed by atoms with Crippen molar-refractivity contribution in [3.63, 3.8) is 0 Å². The summed E-state index contributed by atoms with van der Waals surface area (Å²) in [5.74, 6) is 0.794. The largest absolute Gasteiger partial charge is 0.445 e. The molecular formula is C21H30N4O4. The Morgan fingerprint density at radius 1 is 1.10 bits per heavy atom. The van der Waals surface area contributed by atoms with Crippen LogP contribution in [0.3, 0.4) is 0 Å². The Bertz CT molecular complexity index is 810. The zero-order chi connectivity index (χ0) is 21.5. The summed E-state index contributed by atoms with van der Waals surface area (Å²) in [5, 5.41) is 9.54. The van der Waals surface area contributed by atoms with Gasteiger partial charge in [0, 0.05) is 18.4 Å². The van der Waals surface area contributed by atoms with Gasteiger partial charge in [-0.1, -0.05) is 56.3 Å². The second kappa shape index (κ2) is 9.54. The van der Waals surface area contributed by atoms with E-state index in [1.807, 2.05) is 65.0 Å². The van der Waals surface area contributed by atoms with Crippen molar-refractivity contribution < 1.29 is 18.8 Å². The number of carbonyl (C=O) groups is 2. The second-order valence-electron chi connectivity index (χ2n) is 8.44. The Morgan fingerprint density at radius 2 is 1.79 bits per heavy atom. The van der Waals surface area contributed by atoms with Gasteiger partial charge in [0.05, 0.1) is 5.54 Å². The molecule has 2 aromatic rings. The van der Waals surface area contributed by atoms with Crippen molar-refractivity contribution in [2.24, 2.45) is 0 Å². The standard InChI is InChI=1S/C21H30N4O4/c1-20(2,3)18-23-17(25-29-18)21(4,5)24-16(26)12-9-13-22-19(27)28-14-15-10-7-6-8-11-15/h6-8,10-11H,9,12-14H2,1-5H3,(H,22,27)(H,24,26). The number of aromatic nitrogens is 2. The van der Waals surface area contributed by atoms with Crippen molar-refractivity contribution >= 4 is 12.0 Å². The molecule has 0 aliphatic heterocycles. The first kappa shape index (κ1) is 22.4. The quantitative estimate of drug-likeness (QED) is 0.655. The molecular weight excluding hydrogens is 372 g/mol. The maximum absolute atomic E-state index is 12.2. The molecule has 0 aliphatic carbocycles. The number of hydrogen-bond donors (Lipinski definition) is 2. The topological polar surface area (TPSA) is 106 Å². The summed E-state index contributed by atoms with van der Waals surface area (Å²) in [6.45, 7) is 10.1. The molecule has 8 heteroatoms. The summed E-state index contributed by atoms with van der Waals surface area (Å²) in [6.07, 6.45) is 0.241. The van der Waals surface area contributed by atoms with Crippen LogP contribution in [0.1, 0.15) is 64.7 Å². The Labute approximate surface area is 171 Å². The molecule has 1 heterocycles. The Hall–Kier alpha value is -2.90. The number of carbonyl (C=O) groups excluding carboxylic acids is 2. The molecule has 0 saturated carbocycles. The van der Waals surface area contributed by atoms with Crippen LogP contribution >= 0.6 is 0 Å². The minimum atomic E-state index is -0.758. The smallest absolute Gasteiger partial charge is 0.407 e. The van der Waals surface area contributed by atoms with Gasteiger partial charge in [0.2, 0.25) is 11.8 Å². The van der Waals surface area contributed by atoms with Gasteiger partial charge in [-0.3, -0.25) is 4.79 Å². The van der Waals surface area contributed by atoms with Crippen LogP contribution in [0.4, 0.5) is 4.79 Å². The molecule has 0 fully saturated rings. The van der Waals surface area contributed by atoms with Crippen molar-refractivity contribution in [3.05, 3.63) is 47.6 Å². The van der Waals surface area contributed by atoms with Crippen LogP contribution < -0.4 is 10.6 Å². The van der Waals surface area contributed by atoms with Crippen LogP contribution in [-0.2, 0) is 27.1 Å². The highest BCUT2D eigenvalue weighted by Crippen LogP contribution is 2.24. The Kier molecular flexibility index (Phi) is 7.36. The number of nitrogens with one attached hydrogen (secondary N) is 2. The van der Waals surface area contributed by atoms with Crippen LogP contribution in [0.25, 0.3) is 0 Å². The van der Waals surface area contributed by atoms with Gasteiger partial charge in [-0.05, 0) is 25.8 Å². The maximum atomic E-state index is 12.2. The van der Waals surface area contributed by atoms with E-state index in [2.05, 4.69) is 20.8 Å². The molecule has 1 aromatic heterocycles. The zero-order valence-corrected chi connectivity index (χ0v) is 17.7. The van der Waals surface area contributed by atoms with Gasteiger partial charge in [-0.2, -0.15) is 4.98 Å². The van der Waals surface area contributed by atoms with Crippen molar-refractivity contribution in [1.82, 2.24) is 20.8 Å². The predicted octanol–water partition coefficient (Wildman–Crippen LogP) is 3.43. The van der Waals surface area contributed by atoms with Crippen LogP contribution in [-0.4, -0.2) is 28.7 Å². The average molecular weight is 402 g/mol. The molecule has 0 saturated heterocycles. The van der Waals surface area contributed by atoms with E-state index in [9.17, 15) is 9.59 Å². The molecule has 0 aliphatic rings. The Morgan fingerprint density at radius 3 is 2.41 bits per heavy atom. The van der Waals surface area contributed by atoms with E-state index in [1.165, 1.54) is 0 Å². The lowest BCUT2D eigenvalue weighted by Crippen LogP contribution is -2.42. The zero-order valence-electron chi connectivity index (χ0n) is 17.7. The summed E-state index contributed by atoms with van der Waals surface area (Å²) in [4.78, 5) is 28.4. The third-order valence-electron chi connectivity index (χ3n) is 4.14. The maximum Gasteiger partial charge on any atom is 0.407 e. The van der Waals surface area contributed by atoms with E-state index in [4.69, 9.17) is 9.26 Å². The van der Waals surface area contributed by atoms with E-state index in [-0.39, 0.29) is 24.3 Å². The van der Waals surface area contributed by atoms with E-state index >= 15 is 0 Å². The molecule has 0 bridgehead atoms. The minimum absolute atomic E-state index is 0.156. The number of nitrogens with zero attached hydrogens (tertiary/aromatic N) is 2. The van der Waals surface area contributed by atoms with Gasteiger partial charge in [0.1, 0.15) is 6.61 Å². The molecule has 0 unspecified atom stereocenters. The summed E-state index contributed by atoms with van der Waals surface area (Å²) in [6, 6.07) is 9.43. The molecule has 0 radical (unpaired) electrons. The van der Waals surface area contributed by atoms with Crippen molar-refractivity contribution in [2.75, 3.05) is 6.54 Å². The predicted molar refractivity (Wildman–Crippen MR) is 108 cm³/mol. The molecule has 0 atom stereocenters. The third kappa shape index (κ3) is 7.21. The van der Waals surface area contributed by atoms with Crippen LogP contribution in [0.5, 0.6) is 0 Å². The van der Waals surface area contributed by atoms with Gasteiger partial charge in [0.25, 0.3) is 0 Å². The van der Waals surface area contributed by atoms with Crippen molar-refractivity contribution in [3.8, 4) is 0 Å². The molecule has 29 heavy (non-hydrogen) atoms. The SMILES string of the molecule is CC(C)(C)c1nc(C(C)(C)NC(=O)CCCNC(=O)OCc2ccccc2)no1. The number of hydrogen-bond acceptors (Lipinski definition) is 6. The van der Waals surface area contributed by atoms with E-state index in [0.29, 0.717) is 24.7 Å². The minimum Gasteiger partial charge on any atom is -0.445 e. The fourth-order valence-electron chi connectivity index (χ4n) is 2.46. The lowest BCUT2D eigenvalue weighted by Gasteiger charge is -2.22. The van der Waals surface area contributed by atoms with Gasteiger partial charge in [-0.15, -0.1) is 0 Å². The molecule has 2 N–H and O–H groups in total. The first-order valence-corrected chi connectivity index (χ1v) is 9.68. The summed E-state index contributed by atoms with van der Waals surface area (Å²) in [5.41, 5.74) is -0.0986. The second-order valence-corrected chi connectivity index (χ2v) is 8.44. The first-order valence-electron chi connectivity index (χ1n) is 9.68. The Balaban J connectivity index is 1.69. The van der Waals surface area contributed by atoms with Crippen LogP contribution in [0.2, 0.25) is 0 Å². The van der Waals surface area contributed by atoms with Crippen LogP contribution in [0.15, 0.2) is 34.9 Å². The highest BCUT2D eigenvalue weighted by Gasteiger charge is 2.31. The fourth-order valence-corrected chi connectivity index (χ4v) is 2.46. The number of amides is 2. The molecule has 2 rings (SSSR count). The number of rotatable bonds is 8. The molecule has 8 nitrogen and oxygen atoms in total. The van der Waals surface area contributed by atoms with Crippen molar-refractivity contribution in [1.29, 1.82) is 0 Å². The lowest BCUT2D eigenvalue weighted by molar-refractivity contribution is -0.123. The van der Waals surface area contributed by atoms with Crippen LogP contribution in [0, 0.1) is 0 Å². The van der Waals surface area contributed by atoms with Gasteiger partial charge >= 0.3 is 6.09 Å². The van der Waals surface area contributed by atoms with E-state index in [0.717, 1.165) is 5.56 Å². The summed E-state index contributed by atoms with van der Waals surface area (Å²) in [7, 11) is 0. The highest BCUT2D eigenvalue weighted by atomic mass is 16.5. The van der Waals surface area contributed by atoms with Gasteiger partial charge in [-0.25, -0.2) is 4.79 Å². The average Bonchev–Trinajstić information content (AvgIpc) is 3.16. The summed E-state index contributed by atoms with van der Waals surface area (Å²) < 4.78 is 10.4. The fraction of sp³-hybridized carbons (Fsp3) is 0.524. The van der Waals surface area contributed by atoms with Gasteiger partial charge in [0.15, 0.2) is 5.82 Å². The molecule has 1 aromatic carbocycles. The normalized spacial score (nSPS) is 11.8. The third-order valence-corrected chi connectivity index (χ3v) is 4.14. The van der Waals surface area contributed by atoms with E-state index in [1.54, 1.807) is 0 Å². The molecule has 158 valence electrons. The van der Waals surface area contributed by atoms with Crippen molar-refractivity contribution in [2.45, 2.75) is 65.0 Å². The number of ether oxygens (including phenoxy) is 1. The lowest BCUT2D eigenvalue weighted by atomic mass is 9.97. The summed E-state index contributed by atoms with van der Waals surface area (Å²) >= 11 is 0. The number of alkyl carbamates (subject to hydrolysis) is 1. The monoisotopic (exact) mass is 402 g/mol. The first-order chi connectivity index (χ1) is 13.6. The van der Waals surface area contributed by atoms with Gasteiger partial charge < -0.3 is 19.9 Å².